The van der Waals surface area contributed by atoms with E-state index in [1.54, 1.807) is 11.8 Å². The van der Waals surface area contributed by atoms with Crippen molar-refractivity contribution in [1.82, 2.24) is 4.90 Å². The Morgan fingerprint density at radius 1 is 0.964 bits per heavy atom. The van der Waals surface area contributed by atoms with Crippen LogP contribution in [0, 0.1) is 0 Å². The van der Waals surface area contributed by atoms with Crippen LogP contribution < -0.4 is 0 Å². The Kier molecular flexibility index (Phi) is 5.97. The molecule has 150 valence electrons. The molecule has 1 atom stereocenters. The van der Waals surface area contributed by atoms with Gasteiger partial charge in [-0.1, -0.05) is 49.6 Å². The van der Waals surface area contributed by atoms with Crippen LogP contribution >= 0.6 is 11.8 Å². The molecule has 2 fully saturated rings. The summed E-state index contributed by atoms with van der Waals surface area (Å²) in [5, 5.41) is 2.36. The summed E-state index contributed by atoms with van der Waals surface area (Å²) >= 11 is 1.55. The van der Waals surface area contributed by atoms with Crippen molar-refractivity contribution in [2.24, 2.45) is 0 Å². The Labute approximate surface area is 171 Å². The van der Waals surface area contributed by atoms with E-state index in [1.165, 1.54) is 17.2 Å². The Morgan fingerprint density at radius 2 is 1.71 bits per heavy atom. The summed E-state index contributed by atoms with van der Waals surface area (Å²) in [4.78, 5) is 16.2. The van der Waals surface area contributed by atoms with Gasteiger partial charge >= 0.3 is 0 Å². The first-order chi connectivity index (χ1) is 13.5. The minimum absolute atomic E-state index is 0.0900. The summed E-state index contributed by atoms with van der Waals surface area (Å²) in [6.07, 6.45) is 6.07. The third kappa shape index (κ3) is 4.54. The normalized spacial score (nSPS) is 22.4. The minimum Gasteiger partial charge on any atom is -0.335 e. The smallest absolute Gasteiger partial charge is 0.233 e. The minimum atomic E-state index is -3.00. The SMILES string of the molecule is O=C(CSc1ccc2ccccc2c1)N(C1CCCCC1)[C@H]1CCS(=O)(=O)C1. The highest BCUT2D eigenvalue weighted by molar-refractivity contribution is 8.00. The van der Waals surface area contributed by atoms with Gasteiger partial charge in [-0.25, -0.2) is 8.42 Å². The molecule has 0 aromatic heterocycles. The zero-order chi connectivity index (χ0) is 19.6. The van der Waals surface area contributed by atoms with Gasteiger partial charge in [0.1, 0.15) is 0 Å². The highest BCUT2D eigenvalue weighted by atomic mass is 32.2. The molecule has 1 aliphatic heterocycles. The highest BCUT2D eigenvalue weighted by Crippen LogP contribution is 2.30. The molecule has 0 bridgehead atoms. The first kappa shape index (κ1) is 19.8. The number of hydrogen-bond acceptors (Lipinski definition) is 4. The summed E-state index contributed by atoms with van der Waals surface area (Å²) in [6.45, 7) is 0. The van der Waals surface area contributed by atoms with Gasteiger partial charge in [-0.2, -0.15) is 0 Å². The zero-order valence-corrected chi connectivity index (χ0v) is 17.7. The second-order valence-electron chi connectivity index (χ2n) is 7.95. The monoisotopic (exact) mass is 417 g/mol. The Bertz CT molecular complexity index is 951. The molecule has 0 radical (unpaired) electrons. The van der Waals surface area contributed by atoms with Gasteiger partial charge in [-0.15, -0.1) is 11.8 Å². The summed E-state index contributed by atoms with van der Waals surface area (Å²) in [6, 6.07) is 14.5. The third-order valence-electron chi connectivity index (χ3n) is 5.94. The van der Waals surface area contributed by atoms with Crippen molar-refractivity contribution in [2.75, 3.05) is 17.3 Å². The van der Waals surface area contributed by atoms with Gasteiger partial charge in [0, 0.05) is 17.0 Å². The fraction of sp³-hybridized carbons (Fsp3) is 0.500. The molecule has 1 saturated heterocycles. The van der Waals surface area contributed by atoms with Crippen molar-refractivity contribution in [3.05, 3.63) is 42.5 Å². The van der Waals surface area contributed by atoms with E-state index in [0.29, 0.717) is 12.2 Å². The van der Waals surface area contributed by atoms with Crippen LogP contribution in [0.4, 0.5) is 0 Å². The number of rotatable bonds is 5. The predicted molar refractivity (Wildman–Crippen MR) is 115 cm³/mol. The maximum atomic E-state index is 13.2. The number of carbonyl (C=O) groups excluding carboxylic acids is 1. The van der Waals surface area contributed by atoms with Gasteiger partial charge in [0.2, 0.25) is 5.91 Å². The molecule has 28 heavy (non-hydrogen) atoms. The molecule has 4 rings (SSSR count). The van der Waals surface area contributed by atoms with E-state index < -0.39 is 9.84 Å². The molecule has 0 N–H and O–H groups in total. The molecule has 1 saturated carbocycles. The molecule has 0 spiro atoms. The molecule has 2 aliphatic rings. The summed E-state index contributed by atoms with van der Waals surface area (Å²) in [5.41, 5.74) is 0. The number of thioether (sulfide) groups is 1. The van der Waals surface area contributed by atoms with Crippen molar-refractivity contribution >= 4 is 38.3 Å². The molecule has 4 nitrogen and oxygen atoms in total. The molecule has 2 aromatic rings. The lowest BCUT2D eigenvalue weighted by molar-refractivity contribution is -0.133. The van der Waals surface area contributed by atoms with Crippen molar-refractivity contribution in [2.45, 2.75) is 55.5 Å². The van der Waals surface area contributed by atoms with E-state index >= 15 is 0 Å². The predicted octanol–water partition coefficient (Wildman–Crippen LogP) is 4.28. The van der Waals surface area contributed by atoms with Gasteiger partial charge in [0.05, 0.1) is 17.3 Å². The van der Waals surface area contributed by atoms with Crippen LogP contribution in [-0.4, -0.2) is 48.6 Å². The fourth-order valence-electron chi connectivity index (χ4n) is 4.54. The second kappa shape index (κ2) is 8.46. The van der Waals surface area contributed by atoms with Gasteiger partial charge < -0.3 is 4.90 Å². The third-order valence-corrected chi connectivity index (χ3v) is 8.67. The molecule has 1 heterocycles. The van der Waals surface area contributed by atoms with Gasteiger partial charge in [0.15, 0.2) is 9.84 Å². The average molecular weight is 418 g/mol. The Balaban J connectivity index is 1.48. The first-order valence-electron chi connectivity index (χ1n) is 10.1. The van der Waals surface area contributed by atoms with Crippen molar-refractivity contribution < 1.29 is 13.2 Å². The zero-order valence-electron chi connectivity index (χ0n) is 16.0. The van der Waals surface area contributed by atoms with Crippen LogP contribution in [0.2, 0.25) is 0 Å². The van der Waals surface area contributed by atoms with E-state index in [4.69, 9.17) is 0 Å². The molecular weight excluding hydrogens is 390 g/mol. The van der Waals surface area contributed by atoms with E-state index in [-0.39, 0.29) is 29.5 Å². The lowest BCUT2D eigenvalue weighted by Gasteiger charge is -2.38. The van der Waals surface area contributed by atoms with E-state index in [1.807, 2.05) is 17.0 Å². The topological polar surface area (TPSA) is 54.5 Å². The molecule has 1 amide bonds. The second-order valence-corrected chi connectivity index (χ2v) is 11.2. The number of carbonyl (C=O) groups is 1. The first-order valence-corrected chi connectivity index (χ1v) is 13.0. The van der Waals surface area contributed by atoms with Crippen molar-refractivity contribution in [3.63, 3.8) is 0 Å². The number of nitrogens with zero attached hydrogens (tertiary/aromatic N) is 1. The number of amides is 1. The maximum absolute atomic E-state index is 13.2. The van der Waals surface area contributed by atoms with Crippen molar-refractivity contribution in [1.29, 1.82) is 0 Å². The van der Waals surface area contributed by atoms with E-state index in [2.05, 4.69) is 30.3 Å². The Morgan fingerprint density at radius 3 is 2.43 bits per heavy atom. The molecule has 2 aromatic carbocycles. The van der Waals surface area contributed by atoms with Crippen LogP contribution in [0.15, 0.2) is 47.4 Å². The van der Waals surface area contributed by atoms with Crippen LogP contribution in [0.1, 0.15) is 38.5 Å². The quantitative estimate of drug-likeness (QED) is 0.682. The average Bonchev–Trinajstić information content (AvgIpc) is 3.06. The van der Waals surface area contributed by atoms with Gasteiger partial charge in [-0.3, -0.25) is 4.79 Å². The Hall–Kier alpha value is -1.53. The maximum Gasteiger partial charge on any atom is 0.233 e. The number of sulfone groups is 1. The lowest BCUT2D eigenvalue weighted by atomic mass is 9.93. The van der Waals surface area contributed by atoms with E-state index in [9.17, 15) is 13.2 Å². The summed E-state index contributed by atoms with van der Waals surface area (Å²) < 4.78 is 24.0. The highest BCUT2D eigenvalue weighted by Gasteiger charge is 2.38. The van der Waals surface area contributed by atoms with Crippen molar-refractivity contribution in [3.8, 4) is 0 Å². The molecule has 0 unspecified atom stereocenters. The fourth-order valence-corrected chi connectivity index (χ4v) is 7.06. The standard InChI is InChI=1S/C22H27NO3S2/c24-22(15-27-21-11-10-17-6-4-5-7-18(17)14-21)23(19-8-2-1-3-9-19)20-12-13-28(25,26)16-20/h4-7,10-11,14,19-20H,1-3,8-9,12-13,15-16H2/t20-/m0/s1. The van der Waals surface area contributed by atoms with E-state index in [0.717, 1.165) is 30.6 Å². The lowest BCUT2D eigenvalue weighted by Crippen LogP contribution is -2.49. The van der Waals surface area contributed by atoms with Crippen LogP contribution in [0.3, 0.4) is 0 Å². The van der Waals surface area contributed by atoms with Crippen LogP contribution in [0.5, 0.6) is 0 Å². The van der Waals surface area contributed by atoms with Gasteiger partial charge in [0.25, 0.3) is 0 Å². The molecular formula is C22H27NO3S2. The van der Waals surface area contributed by atoms with Gasteiger partial charge in [-0.05, 0) is 42.2 Å². The van der Waals surface area contributed by atoms with Crippen LogP contribution in [-0.2, 0) is 14.6 Å². The number of hydrogen-bond donors (Lipinski definition) is 0. The van der Waals surface area contributed by atoms with Crippen LogP contribution in [0.25, 0.3) is 10.8 Å². The summed E-state index contributed by atoms with van der Waals surface area (Å²) in [7, 11) is -3.00. The molecule has 1 aliphatic carbocycles. The number of benzene rings is 2. The number of fused-ring (bicyclic) bond motifs is 1. The molecule has 6 heteroatoms. The summed E-state index contributed by atoms with van der Waals surface area (Å²) in [5.74, 6) is 0.805. The largest absolute Gasteiger partial charge is 0.335 e.